The van der Waals surface area contributed by atoms with E-state index in [9.17, 15) is 5.11 Å². The highest BCUT2D eigenvalue weighted by Crippen LogP contribution is 2.35. The summed E-state index contributed by atoms with van der Waals surface area (Å²) in [6.45, 7) is 2.18. The first-order chi connectivity index (χ1) is 8.35. The topological polar surface area (TPSA) is 45.4 Å². The van der Waals surface area contributed by atoms with Gasteiger partial charge in [-0.2, -0.15) is 0 Å². The van der Waals surface area contributed by atoms with E-state index in [1.807, 2.05) is 12.1 Å². The monoisotopic (exact) mass is 237 g/mol. The Morgan fingerprint density at radius 3 is 2.76 bits per heavy atom. The number of rotatable bonds is 6. The summed E-state index contributed by atoms with van der Waals surface area (Å²) in [4.78, 5) is 0. The van der Waals surface area contributed by atoms with E-state index in [1.54, 1.807) is 6.26 Å². The molecule has 96 valence electrons. The number of aliphatic hydroxyl groups excluding tert-OH is 1. The Hall–Kier alpha value is -0.800. The molecule has 17 heavy (non-hydrogen) atoms. The summed E-state index contributed by atoms with van der Waals surface area (Å²) < 4.78 is 5.29. The zero-order chi connectivity index (χ0) is 12.0. The Kier molecular flexibility index (Phi) is 4.63. The molecule has 3 heteroatoms. The van der Waals surface area contributed by atoms with Gasteiger partial charge in [-0.3, -0.25) is 0 Å². The minimum absolute atomic E-state index is 0.140. The van der Waals surface area contributed by atoms with Crippen LogP contribution in [0.2, 0.25) is 0 Å². The van der Waals surface area contributed by atoms with Gasteiger partial charge < -0.3 is 14.8 Å². The zero-order valence-electron chi connectivity index (χ0n) is 10.5. The fraction of sp³-hybridized carbons (Fsp3) is 0.714. The van der Waals surface area contributed by atoms with Crippen molar-refractivity contribution in [2.75, 3.05) is 19.7 Å². The lowest BCUT2D eigenvalue weighted by atomic mass is 9.74. The van der Waals surface area contributed by atoms with Crippen molar-refractivity contribution in [3.8, 4) is 0 Å². The molecule has 0 saturated heterocycles. The highest BCUT2D eigenvalue weighted by atomic mass is 16.3. The number of hydrogen-bond acceptors (Lipinski definition) is 3. The van der Waals surface area contributed by atoms with Gasteiger partial charge in [0.1, 0.15) is 5.76 Å². The van der Waals surface area contributed by atoms with Crippen LogP contribution >= 0.6 is 0 Å². The van der Waals surface area contributed by atoms with E-state index in [2.05, 4.69) is 5.32 Å². The molecule has 1 aliphatic rings. The van der Waals surface area contributed by atoms with Crippen LogP contribution in [0.5, 0.6) is 0 Å². The van der Waals surface area contributed by atoms with Crippen LogP contribution in [0.15, 0.2) is 22.8 Å². The molecule has 2 rings (SSSR count). The molecule has 1 fully saturated rings. The number of aliphatic hydroxyl groups is 1. The predicted octanol–water partition coefficient (Wildman–Crippen LogP) is 2.35. The number of nitrogens with one attached hydrogen (secondary N) is 1. The zero-order valence-corrected chi connectivity index (χ0v) is 10.5. The van der Waals surface area contributed by atoms with Crippen molar-refractivity contribution in [1.29, 1.82) is 0 Å². The quantitative estimate of drug-likeness (QED) is 0.747. The molecule has 0 aromatic carbocycles. The fourth-order valence-corrected chi connectivity index (χ4v) is 2.71. The van der Waals surface area contributed by atoms with Gasteiger partial charge in [0.15, 0.2) is 0 Å². The normalized spacial score (nSPS) is 19.4. The van der Waals surface area contributed by atoms with Crippen molar-refractivity contribution in [3.05, 3.63) is 24.2 Å². The molecular weight excluding hydrogens is 214 g/mol. The molecule has 1 saturated carbocycles. The summed E-state index contributed by atoms with van der Waals surface area (Å²) in [5.74, 6) is 1.03. The molecule has 0 spiro atoms. The van der Waals surface area contributed by atoms with Crippen molar-refractivity contribution in [3.63, 3.8) is 0 Å². The maximum Gasteiger partial charge on any atom is 0.105 e. The van der Waals surface area contributed by atoms with Gasteiger partial charge >= 0.3 is 0 Å². The maximum absolute atomic E-state index is 9.57. The Labute approximate surface area is 103 Å². The standard InChI is InChI=1S/C14H23NO2/c16-12-14(7-2-1-3-8-14)11-15-9-6-13-5-4-10-17-13/h4-5,10,15-16H,1-3,6-9,11-12H2. The first kappa shape index (κ1) is 12.7. The molecular formula is C14H23NO2. The van der Waals surface area contributed by atoms with E-state index >= 15 is 0 Å². The third kappa shape index (κ3) is 3.58. The number of furan rings is 1. The number of hydrogen-bond donors (Lipinski definition) is 2. The Bertz CT molecular complexity index is 302. The van der Waals surface area contributed by atoms with Gasteiger partial charge in [-0.15, -0.1) is 0 Å². The molecule has 3 nitrogen and oxygen atoms in total. The Morgan fingerprint density at radius 2 is 2.12 bits per heavy atom. The molecule has 2 N–H and O–H groups in total. The van der Waals surface area contributed by atoms with Crippen LogP contribution in [0, 0.1) is 5.41 Å². The second-order valence-corrected chi connectivity index (χ2v) is 5.22. The van der Waals surface area contributed by atoms with Crippen LogP contribution in [-0.4, -0.2) is 24.8 Å². The lowest BCUT2D eigenvalue weighted by molar-refractivity contribution is 0.0815. The summed E-state index contributed by atoms with van der Waals surface area (Å²) in [6.07, 6.45) is 8.82. The summed E-state index contributed by atoms with van der Waals surface area (Å²) in [7, 11) is 0. The van der Waals surface area contributed by atoms with Gasteiger partial charge in [0.2, 0.25) is 0 Å². The summed E-state index contributed by atoms with van der Waals surface area (Å²) >= 11 is 0. The van der Waals surface area contributed by atoms with Gasteiger partial charge in [0, 0.05) is 31.5 Å². The fourth-order valence-electron chi connectivity index (χ4n) is 2.71. The smallest absolute Gasteiger partial charge is 0.105 e. The molecule has 1 heterocycles. The molecule has 1 aromatic heterocycles. The van der Waals surface area contributed by atoms with Gasteiger partial charge in [-0.1, -0.05) is 19.3 Å². The second kappa shape index (κ2) is 6.22. The first-order valence-electron chi connectivity index (χ1n) is 6.69. The molecule has 0 unspecified atom stereocenters. The molecule has 1 aliphatic carbocycles. The van der Waals surface area contributed by atoms with Crippen LogP contribution in [0.3, 0.4) is 0 Å². The van der Waals surface area contributed by atoms with E-state index in [0.717, 1.165) is 38.1 Å². The molecule has 0 radical (unpaired) electrons. The highest BCUT2D eigenvalue weighted by Gasteiger charge is 2.30. The van der Waals surface area contributed by atoms with Gasteiger partial charge in [-0.25, -0.2) is 0 Å². The van der Waals surface area contributed by atoms with Crippen LogP contribution in [0.25, 0.3) is 0 Å². The predicted molar refractivity (Wildman–Crippen MR) is 67.9 cm³/mol. The van der Waals surface area contributed by atoms with Crippen molar-refractivity contribution in [1.82, 2.24) is 5.32 Å². The molecule has 1 aromatic rings. The highest BCUT2D eigenvalue weighted by molar-refractivity contribution is 4.98. The van der Waals surface area contributed by atoms with E-state index in [4.69, 9.17) is 4.42 Å². The first-order valence-corrected chi connectivity index (χ1v) is 6.69. The summed E-state index contributed by atoms with van der Waals surface area (Å²) in [5.41, 5.74) is 0.140. The Balaban J connectivity index is 1.69. The van der Waals surface area contributed by atoms with Crippen LogP contribution in [0.1, 0.15) is 37.9 Å². The average molecular weight is 237 g/mol. The molecule has 0 amide bonds. The molecule has 0 aliphatic heterocycles. The summed E-state index contributed by atoms with van der Waals surface area (Å²) in [5, 5.41) is 13.0. The van der Waals surface area contributed by atoms with E-state index in [-0.39, 0.29) is 5.41 Å². The third-order valence-electron chi connectivity index (χ3n) is 3.88. The Morgan fingerprint density at radius 1 is 1.29 bits per heavy atom. The van der Waals surface area contributed by atoms with Crippen LogP contribution < -0.4 is 5.32 Å². The van der Waals surface area contributed by atoms with E-state index < -0.39 is 0 Å². The van der Waals surface area contributed by atoms with Crippen molar-refractivity contribution < 1.29 is 9.52 Å². The van der Waals surface area contributed by atoms with Crippen LogP contribution in [-0.2, 0) is 6.42 Å². The SMILES string of the molecule is OCC1(CNCCc2ccco2)CCCCC1. The lowest BCUT2D eigenvalue weighted by Crippen LogP contribution is -2.39. The molecule has 0 bridgehead atoms. The van der Waals surface area contributed by atoms with Gasteiger partial charge in [-0.05, 0) is 25.0 Å². The van der Waals surface area contributed by atoms with Gasteiger partial charge in [0.25, 0.3) is 0 Å². The summed E-state index contributed by atoms with van der Waals surface area (Å²) in [6, 6.07) is 3.93. The third-order valence-corrected chi connectivity index (χ3v) is 3.88. The largest absolute Gasteiger partial charge is 0.469 e. The van der Waals surface area contributed by atoms with E-state index in [0.29, 0.717) is 6.61 Å². The van der Waals surface area contributed by atoms with Crippen molar-refractivity contribution in [2.24, 2.45) is 5.41 Å². The lowest BCUT2D eigenvalue weighted by Gasteiger charge is -2.35. The maximum atomic E-state index is 9.57. The van der Waals surface area contributed by atoms with Crippen molar-refractivity contribution in [2.45, 2.75) is 38.5 Å². The van der Waals surface area contributed by atoms with Crippen molar-refractivity contribution >= 4 is 0 Å². The average Bonchev–Trinajstić information content (AvgIpc) is 2.89. The minimum Gasteiger partial charge on any atom is -0.469 e. The minimum atomic E-state index is 0.140. The van der Waals surface area contributed by atoms with Gasteiger partial charge in [0.05, 0.1) is 6.26 Å². The molecule has 0 atom stereocenters. The second-order valence-electron chi connectivity index (χ2n) is 5.22. The van der Waals surface area contributed by atoms with Crippen LogP contribution in [0.4, 0.5) is 0 Å². The van der Waals surface area contributed by atoms with E-state index in [1.165, 1.54) is 19.3 Å².